The Morgan fingerprint density at radius 2 is 1.85 bits per heavy atom. The molecule has 2 aromatic carbocycles. The van der Waals surface area contributed by atoms with Gasteiger partial charge in [-0.25, -0.2) is 5.43 Å². The summed E-state index contributed by atoms with van der Waals surface area (Å²) in [7, 11) is 0. The van der Waals surface area contributed by atoms with E-state index in [0.29, 0.717) is 0 Å². The van der Waals surface area contributed by atoms with Gasteiger partial charge in [0, 0.05) is 33.2 Å². The van der Waals surface area contributed by atoms with Crippen molar-refractivity contribution in [3.63, 3.8) is 0 Å². The van der Waals surface area contributed by atoms with Crippen LogP contribution in [0.4, 0.5) is 0 Å². The van der Waals surface area contributed by atoms with E-state index in [1.165, 1.54) is 27.8 Å². The Kier molecular flexibility index (Phi) is 6.89. The number of carbonyl (C=O) groups is 2. The maximum absolute atomic E-state index is 12.7. The predicted molar refractivity (Wildman–Crippen MR) is 136 cm³/mol. The van der Waals surface area contributed by atoms with Gasteiger partial charge in [-0.15, -0.1) is 11.3 Å². The molecule has 0 unspecified atom stereocenters. The summed E-state index contributed by atoms with van der Waals surface area (Å²) in [4.78, 5) is 26.0. The third-order valence-electron chi connectivity index (χ3n) is 5.68. The first kappa shape index (κ1) is 22.7. The lowest BCUT2D eigenvalue weighted by Gasteiger charge is -2.20. The summed E-state index contributed by atoms with van der Waals surface area (Å²) in [5, 5.41) is 11.3. The van der Waals surface area contributed by atoms with Crippen molar-refractivity contribution < 1.29 is 9.59 Å². The number of aromatic nitrogens is 1. The van der Waals surface area contributed by atoms with Gasteiger partial charge in [-0.1, -0.05) is 44.2 Å². The summed E-state index contributed by atoms with van der Waals surface area (Å²) < 4.78 is 2.29. The summed E-state index contributed by atoms with van der Waals surface area (Å²) in [6.45, 7) is 6.83. The number of nitrogens with zero attached hydrogens (tertiary/aromatic N) is 2. The fraction of sp³-hybridized carbons (Fsp3) is 0.269. The monoisotopic (exact) mass is 460 g/mol. The van der Waals surface area contributed by atoms with Crippen LogP contribution in [-0.2, 0) is 22.6 Å². The smallest absolute Gasteiger partial charge is 0.262 e. The molecule has 2 heterocycles. The predicted octanol–water partition coefficient (Wildman–Crippen LogP) is 4.71. The van der Waals surface area contributed by atoms with E-state index >= 15 is 0 Å². The standard InChI is InChI=1S/C26H28N4O2S/c1-4-30-22-10-6-5-9-20(22)21-14-18(11-12-23(21)30)16-27-29-26(32)25(17(2)3)28-24(31)15-19-8-7-13-33-19/h5-14,16-17,25H,4,15H2,1-3H3,(H,28,31)(H,29,32)/b27-16+/t25-/m0/s1. The molecule has 0 spiro atoms. The van der Waals surface area contributed by atoms with E-state index in [1.54, 1.807) is 6.21 Å². The molecule has 33 heavy (non-hydrogen) atoms. The van der Waals surface area contributed by atoms with Gasteiger partial charge in [-0.3, -0.25) is 9.59 Å². The third-order valence-corrected chi connectivity index (χ3v) is 6.56. The lowest BCUT2D eigenvalue weighted by molar-refractivity contribution is -0.129. The van der Waals surface area contributed by atoms with Crippen molar-refractivity contribution in [1.29, 1.82) is 0 Å². The summed E-state index contributed by atoms with van der Waals surface area (Å²) in [6.07, 6.45) is 1.91. The maximum atomic E-state index is 12.7. The topological polar surface area (TPSA) is 75.5 Å². The quantitative estimate of drug-likeness (QED) is 0.295. The highest BCUT2D eigenvalue weighted by atomic mass is 32.1. The van der Waals surface area contributed by atoms with Crippen molar-refractivity contribution in [2.24, 2.45) is 11.0 Å². The zero-order valence-corrected chi connectivity index (χ0v) is 19.9. The second-order valence-corrected chi connectivity index (χ2v) is 9.35. The van der Waals surface area contributed by atoms with E-state index in [2.05, 4.69) is 57.7 Å². The van der Waals surface area contributed by atoms with Crippen LogP contribution >= 0.6 is 11.3 Å². The second-order valence-electron chi connectivity index (χ2n) is 8.32. The number of hydrogen-bond donors (Lipinski definition) is 2. The summed E-state index contributed by atoms with van der Waals surface area (Å²) >= 11 is 1.52. The van der Waals surface area contributed by atoms with Gasteiger partial charge in [0.1, 0.15) is 6.04 Å². The van der Waals surface area contributed by atoms with E-state index in [-0.39, 0.29) is 24.2 Å². The number of aryl methyl sites for hydroxylation is 1. The first-order chi connectivity index (χ1) is 16.0. The molecule has 7 heteroatoms. The highest BCUT2D eigenvalue weighted by Crippen LogP contribution is 2.29. The van der Waals surface area contributed by atoms with Crippen molar-refractivity contribution >= 4 is 51.2 Å². The van der Waals surface area contributed by atoms with Gasteiger partial charge in [0.2, 0.25) is 5.91 Å². The molecule has 0 aliphatic heterocycles. The molecule has 2 amide bonds. The van der Waals surface area contributed by atoms with Crippen LogP contribution < -0.4 is 10.7 Å². The van der Waals surface area contributed by atoms with E-state index in [9.17, 15) is 9.59 Å². The van der Waals surface area contributed by atoms with Crippen LogP contribution in [0.1, 0.15) is 31.2 Å². The van der Waals surface area contributed by atoms with Crippen LogP contribution in [0, 0.1) is 5.92 Å². The average Bonchev–Trinajstić information content (AvgIpc) is 3.42. The lowest BCUT2D eigenvalue weighted by atomic mass is 10.0. The van der Waals surface area contributed by atoms with Gasteiger partial charge in [-0.2, -0.15) is 5.10 Å². The first-order valence-electron chi connectivity index (χ1n) is 11.1. The van der Waals surface area contributed by atoms with Crippen LogP contribution in [0.5, 0.6) is 0 Å². The number of para-hydroxylation sites is 1. The Morgan fingerprint density at radius 3 is 2.58 bits per heavy atom. The number of amides is 2. The Hall–Kier alpha value is -3.45. The molecule has 0 aliphatic rings. The molecule has 6 nitrogen and oxygen atoms in total. The fourth-order valence-corrected chi connectivity index (χ4v) is 4.77. The molecule has 0 saturated carbocycles. The Morgan fingerprint density at radius 1 is 1.06 bits per heavy atom. The molecule has 0 fully saturated rings. The number of nitrogens with one attached hydrogen (secondary N) is 2. The first-order valence-corrected chi connectivity index (χ1v) is 12.0. The molecular weight excluding hydrogens is 432 g/mol. The van der Waals surface area contributed by atoms with Gasteiger partial charge < -0.3 is 9.88 Å². The largest absolute Gasteiger partial charge is 0.344 e. The number of hydrazone groups is 1. The zero-order valence-electron chi connectivity index (χ0n) is 19.0. The van der Waals surface area contributed by atoms with Crippen LogP contribution in [0.2, 0.25) is 0 Å². The minimum Gasteiger partial charge on any atom is -0.344 e. The fourth-order valence-electron chi connectivity index (χ4n) is 4.06. The number of carbonyl (C=O) groups excluding carboxylic acids is 2. The maximum Gasteiger partial charge on any atom is 0.262 e. The summed E-state index contributed by atoms with van der Waals surface area (Å²) in [6, 6.07) is 17.7. The Balaban J connectivity index is 1.46. The number of benzene rings is 2. The molecule has 1 atom stereocenters. The molecule has 2 N–H and O–H groups in total. The van der Waals surface area contributed by atoms with Gasteiger partial charge >= 0.3 is 0 Å². The molecular formula is C26H28N4O2S. The molecule has 0 aliphatic carbocycles. The number of fused-ring (bicyclic) bond motifs is 3. The normalized spacial score (nSPS) is 12.6. The van der Waals surface area contributed by atoms with Crippen LogP contribution in [0.15, 0.2) is 65.1 Å². The van der Waals surface area contributed by atoms with Crippen LogP contribution in [0.25, 0.3) is 21.8 Å². The summed E-state index contributed by atoms with van der Waals surface area (Å²) in [5.41, 5.74) is 5.86. The van der Waals surface area contributed by atoms with E-state index < -0.39 is 6.04 Å². The van der Waals surface area contributed by atoms with E-state index in [0.717, 1.165) is 22.4 Å². The van der Waals surface area contributed by atoms with Gasteiger partial charge in [-0.05, 0) is 48.1 Å². The highest BCUT2D eigenvalue weighted by molar-refractivity contribution is 7.10. The van der Waals surface area contributed by atoms with Crippen molar-refractivity contribution in [3.8, 4) is 0 Å². The zero-order chi connectivity index (χ0) is 23.4. The third kappa shape index (κ3) is 4.98. The number of thiophene rings is 1. The highest BCUT2D eigenvalue weighted by Gasteiger charge is 2.24. The minimum absolute atomic E-state index is 0.0657. The van der Waals surface area contributed by atoms with Crippen molar-refractivity contribution in [3.05, 3.63) is 70.4 Å². The van der Waals surface area contributed by atoms with Crippen LogP contribution in [0.3, 0.4) is 0 Å². The number of rotatable bonds is 8. The Labute approximate surface area is 197 Å². The van der Waals surface area contributed by atoms with E-state index in [4.69, 9.17) is 0 Å². The van der Waals surface area contributed by atoms with Gasteiger partial charge in [0.15, 0.2) is 0 Å². The number of hydrogen-bond acceptors (Lipinski definition) is 4. The minimum atomic E-state index is -0.653. The van der Waals surface area contributed by atoms with Crippen LogP contribution in [-0.4, -0.2) is 28.6 Å². The van der Waals surface area contributed by atoms with E-state index in [1.807, 2.05) is 43.5 Å². The molecule has 4 rings (SSSR count). The molecule has 0 radical (unpaired) electrons. The molecule has 170 valence electrons. The Bertz CT molecular complexity index is 1300. The molecule has 2 aromatic heterocycles. The SMILES string of the molecule is CCn1c2ccccc2c2cc(/C=N/NC(=O)[C@@H](NC(=O)Cc3cccs3)C(C)C)ccc21. The van der Waals surface area contributed by atoms with Gasteiger partial charge in [0.05, 0.1) is 12.6 Å². The van der Waals surface area contributed by atoms with Gasteiger partial charge in [0.25, 0.3) is 5.91 Å². The van der Waals surface area contributed by atoms with Crippen molar-refractivity contribution in [2.75, 3.05) is 0 Å². The lowest BCUT2D eigenvalue weighted by Crippen LogP contribution is -2.49. The molecule has 0 bridgehead atoms. The average molecular weight is 461 g/mol. The van der Waals surface area contributed by atoms with Crippen molar-refractivity contribution in [2.45, 2.75) is 39.8 Å². The second kappa shape index (κ2) is 10.0. The molecule has 0 saturated heterocycles. The van der Waals surface area contributed by atoms with Crippen molar-refractivity contribution in [1.82, 2.24) is 15.3 Å². The molecule has 4 aromatic rings. The summed E-state index contributed by atoms with van der Waals surface area (Å²) in [5.74, 6) is -0.568.